The highest BCUT2D eigenvalue weighted by atomic mass is 79.9. The summed E-state index contributed by atoms with van der Waals surface area (Å²) in [6.07, 6.45) is 0.306. The number of hydrogen-bond acceptors (Lipinski definition) is 2. The number of benzene rings is 2. The van der Waals surface area contributed by atoms with Gasteiger partial charge in [0.2, 0.25) is 0 Å². The lowest BCUT2D eigenvalue weighted by molar-refractivity contribution is -0.144. The minimum absolute atomic E-state index is 0.201. The molecule has 2 rings (SSSR count). The molecule has 1 unspecified atom stereocenters. The topological polar surface area (TPSA) is 26.3 Å². The number of alkyl halides is 1. The van der Waals surface area contributed by atoms with Crippen LogP contribution in [0.3, 0.4) is 0 Å². The van der Waals surface area contributed by atoms with Crippen molar-refractivity contribution < 1.29 is 9.53 Å². The molecule has 2 aromatic rings. The Balaban J connectivity index is 1.90. The Hall–Kier alpha value is -1.61. The van der Waals surface area contributed by atoms with Gasteiger partial charge in [-0.15, -0.1) is 0 Å². The third kappa shape index (κ3) is 4.49. The van der Waals surface area contributed by atoms with Crippen molar-refractivity contribution in [1.29, 1.82) is 0 Å². The maximum absolute atomic E-state index is 11.8. The molecule has 20 heavy (non-hydrogen) atoms. The quantitative estimate of drug-likeness (QED) is 0.598. The standard InChI is InChI=1S/C17H17BrO2/c1-13(18)16-9-5-8-15(10-16)11-17(19)20-12-14-6-3-2-4-7-14/h2-10,13H,11-12H2,1H3. The number of hydrogen-bond donors (Lipinski definition) is 0. The molecule has 0 heterocycles. The van der Waals surface area contributed by atoms with Gasteiger partial charge in [0.15, 0.2) is 0 Å². The Kier molecular flexibility index (Phi) is 5.36. The average Bonchev–Trinajstić information content (AvgIpc) is 2.46. The molecule has 104 valence electrons. The van der Waals surface area contributed by atoms with Crippen LogP contribution in [0.15, 0.2) is 54.6 Å². The molecule has 0 saturated heterocycles. The first kappa shape index (κ1) is 14.8. The SMILES string of the molecule is CC(Br)c1cccc(CC(=O)OCc2ccccc2)c1. The van der Waals surface area contributed by atoms with Crippen molar-refractivity contribution in [2.24, 2.45) is 0 Å². The van der Waals surface area contributed by atoms with E-state index in [0.29, 0.717) is 13.0 Å². The van der Waals surface area contributed by atoms with Gasteiger partial charge in [0.25, 0.3) is 0 Å². The number of rotatable bonds is 5. The molecule has 0 N–H and O–H groups in total. The van der Waals surface area contributed by atoms with Crippen LogP contribution in [-0.2, 0) is 22.6 Å². The van der Waals surface area contributed by atoms with E-state index in [2.05, 4.69) is 22.9 Å². The normalized spacial score (nSPS) is 11.9. The van der Waals surface area contributed by atoms with Crippen LogP contribution in [0.5, 0.6) is 0 Å². The zero-order valence-electron chi connectivity index (χ0n) is 11.4. The van der Waals surface area contributed by atoms with Gasteiger partial charge in [0, 0.05) is 4.83 Å². The second-order valence-electron chi connectivity index (χ2n) is 4.68. The summed E-state index contributed by atoms with van der Waals surface area (Å²) in [4.78, 5) is 12.1. The Morgan fingerprint density at radius 1 is 1.10 bits per heavy atom. The molecule has 1 atom stereocenters. The summed E-state index contributed by atoms with van der Waals surface area (Å²) in [5.74, 6) is -0.201. The molecule has 0 saturated carbocycles. The molecule has 2 aromatic carbocycles. The van der Waals surface area contributed by atoms with Gasteiger partial charge in [-0.05, 0) is 23.6 Å². The summed E-state index contributed by atoms with van der Waals surface area (Å²) in [6, 6.07) is 17.7. The first-order valence-electron chi connectivity index (χ1n) is 6.57. The van der Waals surface area contributed by atoms with Crippen LogP contribution in [0.4, 0.5) is 0 Å². The Morgan fingerprint density at radius 3 is 2.50 bits per heavy atom. The molecule has 0 radical (unpaired) electrons. The van der Waals surface area contributed by atoms with Crippen molar-refractivity contribution in [1.82, 2.24) is 0 Å². The van der Waals surface area contributed by atoms with E-state index in [9.17, 15) is 4.79 Å². The van der Waals surface area contributed by atoms with E-state index >= 15 is 0 Å². The lowest BCUT2D eigenvalue weighted by Crippen LogP contribution is -2.08. The predicted molar refractivity (Wildman–Crippen MR) is 83.7 cm³/mol. The van der Waals surface area contributed by atoms with Crippen molar-refractivity contribution in [2.45, 2.75) is 24.8 Å². The summed E-state index contributed by atoms with van der Waals surface area (Å²) in [7, 11) is 0. The van der Waals surface area contributed by atoms with Crippen molar-refractivity contribution in [3.63, 3.8) is 0 Å². The summed E-state index contributed by atoms with van der Waals surface area (Å²) < 4.78 is 5.28. The van der Waals surface area contributed by atoms with Gasteiger partial charge in [-0.25, -0.2) is 0 Å². The van der Waals surface area contributed by atoms with Crippen molar-refractivity contribution in [3.05, 3.63) is 71.3 Å². The molecule has 0 aliphatic heterocycles. The van der Waals surface area contributed by atoms with Crippen molar-refractivity contribution >= 4 is 21.9 Å². The van der Waals surface area contributed by atoms with Crippen molar-refractivity contribution in [2.75, 3.05) is 0 Å². The maximum Gasteiger partial charge on any atom is 0.310 e. The summed E-state index contributed by atoms with van der Waals surface area (Å²) in [5.41, 5.74) is 3.15. The van der Waals surface area contributed by atoms with Gasteiger partial charge in [-0.3, -0.25) is 4.79 Å². The van der Waals surface area contributed by atoms with E-state index in [1.54, 1.807) is 0 Å². The first-order chi connectivity index (χ1) is 9.65. The molecule has 0 bridgehead atoms. The minimum atomic E-state index is -0.201. The summed E-state index contributed by atoms with van der Waals surface area (Å²) >= 11 is 3.53. The molecule has 2 nitrogen and oxygen atoms in total. The number of halogens is 1. The molecule has 0 spiro atoms. The zero-order valence-corrected chi connectivity index (χ0v) is 13.0. The van der Waals surface area contributed by atoms with E-state index in [4.69, 9.17) is 4.74 Å². The molecular formula is C17H17BrO2. The fourth-order valence-corrected chi connectivity index (χ4v) is 2.19. The fourth-order valence-electron chi connectivity index (χ4n) is 1.91. The van der Waals surface area contributed by atoms with Gasteiger partial charge in [0.05, 0.1) is 6.42 Å². The largest absolute Gasteiger partial charge is 0.461 e. The summed E-state index contributed by atoms with van der Waals surface area (Å²) in [5, 5.41) is 0. The molecule has 0 amide bonds. The van der Waals surface area contributed by atoms with E-state index in [-0.39, 0.29) is 10.8 Å². The van der Waals surface area contributed by atoms with Crippen LogP contribution < -0.4 is 0 Å². The highest BCUT2D eigenvalue weighted by Crippen LogP contribution is 2.22. The fraction of sp³-hybridized carbons (Fsp3) is 0.235. The van der Waals surface area contributed by atoms with Crippen LogP contribution in [0.25, 0.3) is 0 Å². The van der Waals surface area contributed by atoms with E-state index in [1.807, 2.05) is 54.6 Å². The van der Waals surface area contributed by atoms with Gasteiger partial charge in [0.1, 0.15) is 6.61 Å². The molecule has 3 heteroatoms. The molecule has 0 fully saturated rings. The van der Waals surface area contributed by atoms with Gasteiger partial charge in [-0.2, -0.15) is 0 Å². The lowest BCUT2D eigenvalue weighted by atomic mass is 10.1. The molecular weight excluding hydrogens is 316 g/mol. The first-order valence-corrected chi connectivity index (χ1v) is 7.49. The minimum Gasteiger partial charge on any atom is -0.461 e. The van der Waals surface area contributed by atoms with Crippen LogP contribution in [0.1, 0.15) is 28.4 Å². The second kappa shape index (κ2) is 7.25. The third-order valence-electron chi connectivity index (χ3n) is 3.00. The van der Waals surface area contributed by atoms with E-state index in [0.717, 1.165) is 11.1 Å². The smallest absolute Gasteiger partial charge is 0.310 e. The van der Waals surface area contributed by atoms with Gasteiger partial charge >= 0.3 is 5.97 Å². The van der Waals surface area contributed by atoms with E-state index in [1.165, 1.54) is 5.56 Å². The van der Waals surface area contributed by atoms with Gasteiger partial charge < -0.3 is 4.74 Å². The lowest BCUT2D eigenvalue weighted by Gasteiger charge is -2.08. The number of ether oxygens (including phenoxy) is 1. The van der Waals surface area contributed by atoms with Crippen LogP contribution >= 0.6 is 15.9 Å². The van der Waals surface area contributed by atoms with Gasteiger partial charge in [-0.1, -0.05) is 70.5 Å². The maximum atomic E-state index is 11.8. The highest BCUT2D eigenvalue weighted by molar-refractivity contribution is 9.09. The average molecular weight is 333 g/mol. The highest BCUT2D eigenvalue weighted by Gasteiger charge is 2.07. The van der Waals surface area contributed by atoms with Crippen LogP contribution in [0, 0.1) is 0 Å². The monoisotopic (exact) mass is 332 g/mol. The second-order valence-corrected chi connectivity index (χ2v) is 6.06. The Labute approximate surface area is 127 Å². The zero-order chi connectivity index (χ0) is 14.4. The van der Waals surface area contributed by atoms with E-state index < -0.39 is 0 Å². The number of carbonyl (C=O) groups excluding carboxylic acids is 1. The van der Waals surface area contributed by atoms with Crippen LogP contribution in [-0.4, -0.2) is 5.97 Å². The Morgan fingerprint density at radius 2 is 1.80 bits per heavy atom. The van der Waals surface area contributed by atoms with Crippen molar-refractivity contribution in [3.8, 4) is 0 Å². The molecule has 0 aliphatic carbocycles. The predicted octanol–water partition coefficient (Wildman–Crippen LogP) is 4.43. The number of carbonyl (C=O) groups is 1. The molecule has 0 aromatic heterocycles. The summed E-state index contributed by atoms with van der Waals surface area (Å²) in [6.45, 7) is 2.39. The molecule has 0 aliphatic rings. The number of esters is 1. The third-order valence-corrected chi connectivity index (χ3v) is 3.53. The Bertz CT molecular complexity index is 564. The van der Waals surface area contributed by atoms with Crippen LogP contribution in [0.2, 0.25) is 0 Å².